The summed E-state index contributed by atoms with van der Waals surface area (Å²) in [5, 5.41) is 5.78. The molecule has 0 saturated heterocycles. The number of nitrogens with two attached hydrogens (primary N) is 1. The third kappa shape index (κ3) is 2.06. The summed E-state index contributed by atoms with van der Waals surface area (Å²) in [7, 11) is -2.29. The van der Waals surface area contributed by atoms with Gasteiger partial charge in [0, 0.05) is 18.6 Å². The van der Waals surface area contributed by atoms with Gasteiger partial charge in [-0.15, -0.1) is 0 Å². The number of hydrogen-bond acceptors (Lipinski definition) is 4. The number of aromatic nitrogens is 1. The van der Waals surface area contributed by atoms with Crippen LogP contribution in [0.4, 0.5) is 0 Å². The molecule has 2 N–H and O–H groups in total. The molecular formula is C9H11N3O3S. The summed E-state index contributed by atoms with van der Waals surface area (Å²) in [4.78, 5) is 4.11. The van der Waals surface area contributed by atoms with E-state index in [1.807, 2.05) is 0 Å². The fraction of sp³-hybridized carbons (Fsp3) is 0.222. The third-order valence-corrected chi connectivity index (χ3v) is 3.27. The molecule has 7 heteroatoms. The summed E-state index contributed by atoms with van der Waals surface area (Å²) in [6, 6.07) is 3.46. The summed E-state index contributed by atoms with van der Waals surface area (Å²) in [5.74, 6) is 0. The Morgan fingerprint density at radius 2 is 2.25 bits per heavy atom. The Morgan fingerprint density at radius 1 is 1.50 bits per heavy atom. The average molecular weight is 241 g/mol. The second-order valence-electron chi connectivity index (χ2n) is 3.39. The highest BCUT2D eigenvalue weighted by atomic mass is 32.2. The van der Waals surface area contributed by atoms with Gasteiger partial charge in [-0.2, -0.15) is 12.7 Å². The average Bonchev–Trinajstić information content (AvgIpc) is 2.65. The SMILES string of the molecule is CN(Cc1nccc2occc12)S(N)(=O)=O. The van der Waals surface area contributed by atoms with Crippen LogP contribution < -0.4 is 5.14 Å². The zero-order valence-electron chi connectivity index (χ0n) is 8.62. The van der Waals surface area contributed by atoms with Crippen molar-refractivity contribution in [2.45, 2.75) is 6.54 Å². The number of nitrogens with zero attached hydrogens (tertiary/aromatic N) is 2. The molecule has 0 fully saturated rings. The lowest BCUT2D eigenvalue weighted by Crippen LogP contribution is -2.32. The van der Waals surface area contributed by atoms with Gasteiger partial charge < -0.3 is 4.42 Å². The lowest BCUT2D eigenvalue weighted by molar-refractivity contribution is 0.465. The predicted octanol–water partition coefficient (Wildman–Crippen LogP) is 0.463. The van der Waals surface area contributed by atoms with Crippen LogP contribution in [-0.4, -0.2) is 24.8 Å². The number of rotatable bonds is 3. The first-order chi connectivity index (χ1) is 7.48. The van der Waals surface area contributed by atoms with Crippen LogP contribution in [0.2, 0.25) is 0 Å². The van der Waals surface area contributed by atoms with E-state index in [2.05, 4.69) is 4.98 Å². The van der Waals surface area contributed by atoms with Crippen LogP contribution in [0, 0.1) is 0 Å². The van der Waals surface area contributed by atoms with Gasteiger partial charge in [0.05, 0.1) is 18.5 Å². The minimum absolute atomic E-state index is 0.121. The van der Waals surface area contributed by atoms with Gasteiger partial charge in [0.15, 0.2) is 0 Å². The van der Waals surface area contributed by atoms with Crippen molar-refractivity contribution in [1.82, 2.24) is 9.29 Å². The van der Waals surface area contributed by atoms with Gasteiger partial charge >= 0.3 is 0 Å². The number of hydrogen-bond donors (Lipinski definition) is 1. The normalized spacial score (nSPS) is 12.4. The zero-order chi connectivity index (χ0) is 11.8. The molecule has 0 unspecified atom stereocenters. The fourth-order valence-electron chi connectivity index (χ4n) is 1.38. The van der Waals surface area contributed by atoms with Crippen molar-refractivity contribution < 1.29 is 12.8 Å². The Labute approximate surface area is 92.9 Å². The summed E-state index contributed by atoms with van der Waals surface area (Å²) in [6.07, 6.45) is 3.10. The molecule has 2 heterocycles. The molecule has 0 aliphatic carbocycles. The predicted molar refractivity (Wildman–Crippen MR) is 58.6 cm³/mol. The lowest BCUT2D eigenvalue weighted by atomic mass is 10.2. The minimum Gasteiger partial charge on any atom is -0.464 e. The molecule has 2 aromatic heterocycles. The summed E-state index contributed by atoms with van der Waals surface area (Å²) >= 11 is 0. The molecule has 2 aromatic rings. The van der Waals surface area contributed by atoms with Crippen molar-refractivity contribution in [1.29, 1.82) is 0 Å². The number of pyridine rings is 1. The number of fused-ring (bicyclic) bond motifs is 1. The minimum atomic E-state index is -3.69. The molecule has 0 aliphatic heterocycles. The van der Waals surface area contributed by atoms with Crippen molar-refractivity contribution in [2.75, 3.05) is 7.05 Å². The Hall–Kier alpha value is -1.44. The van der Waals surface area contributed by atoms with Crippen LogP contribution in [0.5, 0.6) is 0 Å². The first kappa shape index (κ1) is 11.1. The molecule has 2 rings (SSSR count). The van der Waals surface area contributed by atoms with Crippen LogP contribution in [0.25, 0.3) is 11.0 Å². The topological polar surface area (TPSA) is 89.4 Å². The molecule has 0 spiro atoms. The molecule has 0 amide bonds. The smallest absolute Gasteiger partial charge is 0.277 e. The van der Waals surface area contributed by atoms with Crippen molar-refractivity contribution in [3.05, 3.63) is 30.3 Å². The van der Waals surface area contributed by atoms with Gasteiger partial charge in [-0.25, -0.2) is 5.14 Å². The highest BCUT2D eigenvalue weighted by molar-refractivity contribution is 7.86. The van der Waals surface area contributed by atoms with Crippen LogP contribution in [0.1, 0.15) is 5.69 Å². The van der Waals surface area contributed by atoms with Gasteiger partial charge in [-0.3, -0.25) is 4.98 Å². The molecule has 6 nitrogen and oxygen atoms in total. The summed E-state index contributed by atoms with van der Waals surface area (Å²) in [6.45, 7) is 0.121. The Kier molecular flexibility index (Phi) is 2.66. The molecule has 86 valence electrons. The number of furan rings is 1. The first-order valence-electron chi connectivity index (χ1n) is 4.53. The fourth-order valence-corrected chi connectivity index (χ4v) is 1.68. The molecule has 16 heavy (non-hydrogen) atoms. The largest absolute Gasteiger partial charge is 0.464 e. The van der Waals surface area contributed by atoms with Crippen LogP contribution in [0.15, 0.2) is 29.0 Å². The van der Waals surface area contributed by atoms with Gasteiger partial charge in [-0.05, 0) is 12.1 Å². The van der Waals surface area contributed by atoms with Crippen molar-refractivity contribution >= 4 is 21.2 Å². The van der Waals surface area contributed by atoms with Crippen LogP contribution in [-0.2, 0) is 16.8 Å². The molecule has 0 aliphatic rings. The molecule has 0 bridgehead atoms. The van der Waals surface area contributed by atoms with Crippen molar-refractivity contribution in [3.63, 3.8) is 0 Å². The Morgan fingerprint density at radius 3 is 2.94 bits per heavy atom. The van der Waals surface area contributed by atoms with Gasteiger partial charge in [-0.1, -0.05) is 0 Å². The molecule has 0 radical (unpaired) electrons. The van der Waals surface area contributed by atoms with Crippen LogP contribution >= 0.6 is 0 Å². The van der Waals surface area contributed by atoms with Gasteiger partial charge in [0.25, 0.3) is 10.2 Å². The van der Waals surface area contributed by atoms with E-state index >= 15 is 0 Å². The van der Waals surface area contributed by atoms with E-state index in [9.17, 15) is 8.42 Å². The van der Waals surface area contributed by atoms with E-state index in [1.165, 1.54) is 13.3 Å². The molecular weight excluding hydrogens is 230 g/mol. The van der Waals surface area contributed by atoms with Crippen LogP contribution in [0.3, 0.4) is 0 Å². The van der Waals surface area contributed by atoms with E-state index in [-0.39, 0.29) is 6.54 Å². The highest BCUT2D eigenvalue weighted by Crippen LogP contribution is 2.18. The summed E-state index contributed by atoms with van der Waals surface area (Å²) < 4.78 is 28.3. The van der Waals surface area contributed by atoms with E-state index in [0.29, 0.717) is 11.3 Å². The summed E-state index contributed by atoms with van der Waals surface area (Å²) in [5.41, 5.74) is 1.29. The highest BCUT2D eigenvalue weighted by Gasteiger charge is 2.14. The Balaban J connectivity index is 2.38. The molecule has 0 atom stereocenters. The second kappa shape index (κ2) is 3.85. The molecule has 0 aromatic carbocycles. The first-order valence-corrected chi connectivity index (χ1v) is 6.04. The maximum atomic E-state index is 11.1. The molecule has 0 saturated carbocycles. The quantitative estimate of drug-likeness (QED) is 0.845. The van der Waals surface area contributed by atoms with Crippen molar-refractivity contribution in [3.8, 4) is 0 Å². The zero-order valence-corrected chi connectivity index (χ0v) is 9.44. The van der Waals surface area contributed by atoms with Gasteiger partial charge in [0.1, 0.15) is 5.58 Å². The van der Waals surface area contributed by atoms with Gasteiger partial charge in [0.2, 0.25) is 0 Å². The van der Waals surface area contributed by atoms with Crippen molar-refractivity contribution in [2.24, 2.45) is 5.14 Å². The van der Waals surface area contributed by atoms with E-state index in [0.717, 1.165) is 9.69 Å². The van der Waals surface area contributed by atoms with E-state index < -0.39 is 10.2 Å². The second-order valence-corrected chi connectivity index (χ2v) is 5.04. The lowest BCUT2D eigenvalue weighted by Gasteiger charge is -2.12. The Bertz CT molecular complexity index is 605. The van der Waals surface area contributed by atoms with E-state index in [4.69, 9.17) is 9.56 Å². The maximum Gasteiger partial charge on any atom is 0.277 e. The standard InChI is InChI=1S/C9H11N3O3S/c1-12(16(10,13)14)6-8-7-3-5-15-9(7)2-4-11-8/h2-5H,6H2,1H3,(H2,10,13,14). The monoisotopic (exact) mass is 241 g/mol. The maximum absolute atomic E-state index is 11.1. The van der Waals surface area contributed by atoms with E-state index in [1.54, 1.807) is 18.3 Å². The third-order valence-electron chi connectivity index (χ3n) is 2.27.